The molecule has 0 aliphatic rings. The van der Waals surface area contributed by atoms with Crippen molar-refractivity contribution in [3.8, 4) is 0 Å². The molecule has 0 aliphatic carbocycles. The van der Waals surface area contributed by atoms with Gasteiger partial charge in [0.25, 0.3) is 0 Å². The second-order valence-corrected chi connectivity index (χ2v) is 3.88. The zero-order valence-corrected chi connectivity index (χ0v) is 9.43. The summed E-state index contributed by atoms with van der Waals surface area (Å²) in [5.41, 5.74) is 2.03. The Morgan fingerprint density at radius 2 is 2.12 bits per heavy atom. The van der Waals surface area contributed by atoms with E-state index < -0.39 is 5.97 Å². The number of rotatable bonds is 2. The van der Waals surface area contributed by atoms with E-state index in [0.717, 1.165) is 16.6 Å². The van der Waals surface area contributed by atoms with E-state index in [2.05, 4.69) is 4.98 Å². The maximum absolute atomic E-state index is 10.8. The molecule has 0 spiro atoms. The Balaban J connectivity index is 2.70. The highest BCUT2D eigenvalue weighted by molar-refractivity contribution is 5.91. The number of carbonyl (C=O) groups is 1. The first kappa shape index (κ1) is 10.5. The molecule has 1 N–H and O–H groups in total. The fraction of sp³-hybridized carbons (Fsp3) is 0.273. The van der Waals surface area contributed by atoms with Crippen molar-refractivity contribution in [3.05, 3.63) is 29.7 Å². The minimum atomic E-state index is -1.00. The predicted octanol–water partition coefficient (Wildman–Crippen LogP) is 1.24. The summed E-state index contributed by atoms with van der Waals surface area (Å²) in [6, 6.07) is 3.54. The summed E-state index contributed by atoms with van der Waals surface area (Å²) in [5, 5.41) is 11.7. The van der Waals surface area contributed by atoms with Gasteiger partial charge in [-0.25, -0.2) is 9.78 Å². The standard InChI is InChI=1S/C11H13N3O2/c1-7-4-8-5-9(11(15)16)12-6-10(8)14(7)13(2)3/h4-6H,1-3H3,(H,15,16). The Hall–Kier alpha value is -2.04. The van der Waals surface area contributed by atoms with Crippen molar-refractivity contribution >= 4 is 16.9 Å². The molecule has 5 nitrogen and oxygen atoms in total. The van der Waals surface area contributed by atoms with E-state index in [1.807, 2.05) is 36.8 Å². The van der Waals surface area contributed by atoms with Crippen LogP contribution < -0.4 is 5.01 Å². The Kier molecular flexibility index (Phi) is 2.30. The lowest BCUT2D eigenvalue weighted by molar-refractivity contribution is 0.0690. The number of aromatic carboxylic acids is 1. The number of carboxylic acids is 1. The minimum Gasteiger partial charge on any atom is -0.477 e. The molecule has 0 fully saturated rings. The molecule has 0 saturated heterocycles. The molecule has 0 bridgehead atoms. The van der Waals surface area contributed by atoms with Crippen molar-refractivity contribution in [3.63, 3.8) is 0 Å². The van der Waals surface area contributed by atoms with Crippen LogP contribution in [-0.2, 0) is 0 Å². The van der Waals surface area contributed by atoms with Crippen LogP contribution in [-0.4, -0.2) is 34.8 Å². The maximum Gasteiger partial charge on any atom is 0.354 e. The average molecular weight is 219 g/mol. The molecule has 0 amide bonds. The first-order chi connectivity index (χ1) is 7.50. The fourth-order valence-corrected chi connectivity index (χ4v) is 1.88. The second-order valence-electron chi connectivity index (χ2n) is 3.88. The molecule has 0 unspecified atom stereocenters. The largest absolute Gasteiger partial charge is 0.477 e. The van der Waals surface area contributed by atoms with Gasteiger partial charge in [0.2, 0.25) is 0 Å². The van der Waals surface area contributed by atoms with Crippen molar-refractivity contribution in [2.75, 3.05) is 19.1 Å². The van der Waals surface area contributed by atoms with E-state index in [9.17, 15) is 4.79 Å². The van der Waals surface area contributed by atoms with Gasteiger partial charge in [-0.1, -0.05) is 0 Å². The van der Waals surface area contributed by atoms with E-state index in [-0.39, 0.29) is 5.69 Å². The van der Waals surface area contributed by atoms with Gasteiger partial charge in [0, 0.05) is 25.2 Å². The fourth-order valence-electron chi connectivity index (χ4n) is 1.88. The summed E-state index contributed by atoms with van der Waals surface area (Å²) in [7, 11) is 3.86. The summed E-state index contributed by atoms with van der Waals surface area (Å²) in [5.74, 6) is -1.00. The molecule has 2 heterocycles. The number of pyridine rings is 1. The molecule has 16 heavy (non-hydrogen) atoms. The summed E-state index contributed by atoms with van der Waals surface area (Å²) in [4.78, 5) is 14.7. The quantitative estimate of drug-likeness (QED) is 0.825. The number of hydrogen-bond acceptors (Lipinski definition) is 3. The van der Waals surface area contributed by atoms with Gasteiger partial charge < -0.3 is 10.1 Å². The van der Waals surface area contributed by atoms with Gasteiger partial charge in [-0.2, -0.15) is 0 Å². The smallest absolute Gasteiger partial charge is 0.354 e. The number of aryl methyl sites for hydroxylation is 1. The summed E-state index contributed by atoms with van der Waals surface area (Å²) >= 11 is 0. The molecule has 0 atom stereocenters. The van der Waals surface area contributed by atoms with Crippen LogP contribution in [0.4, 0.5) is 0 Å². The van der Waals surface area contributed by atoms with Gasteiger partial charge in [-0.15, -0.1) is 0 Å². The summed E-state index contributed by atoms with van der Waals surface area (Å²) < 4.78 is 1.98. The molecule has 0 aromatic carbocycles. The van der Waals surface area contributed by atoms with E-state index in [1.165, 1.54) is 0 Å². The highest BCUT2D eigenvalue weighted by Gasteiger charge is 2.11. The lowest BCUT2D eigenvalue weighted by Crippen LogP contribution is -2.25. The third-order valence-electron chi connectivity index (χ3n) is 2.46. The SMILES string of the molecule is Cc1cc2cc(C(=O)O)ncc2n1N(C)C. The Morgan fingerprint density at radius 1 is 1.44 bits per heavy atom. The molecular formula is C11H13N3O2. The Labute approximate surface area is 92.9 Å². The van der Waals surface area contributed by atoms with Crippen LogP contribution in [0.3, 0.4) is 0 Å². The first-order valence-corrected chi connectivity index (χ1v) is 4.89. The first-order valence-electron chi connectivity index (χ1n) is 4.89. The van der Waals surface area contributed by atoms with Crippen LogP contribution in [0.1, 0.15) is 16.2 Å². The van der Waals surface area contributed by atoms with E-state index in [1.54, 1.807) is 12.3 Å². The third kappa shape index (κ3) is 1.50. The van der Waals surface area contributed by atoms with Crippen LogP contribution in [0.25, 0.3) is 10.9 Å². The second kappa shape index (κ2) is 3.52. The molecule has 84 valence electrons. The lowest BCUT2D eigenvalue weighted by Gasteiger charge is -2.17. The van der Waals surface area contributed by atoms with E-state index >= 15 is 0 Å². The number of aromatic nitrogens is 2. The molecule has 2 aromatic heterocycles. The van der Waals surface area contributed by atoms with Crippen LogP contribution in [0, 0.1) is 6.92 Å². The van der Waals surface area contributed by atoms with Crippen molar-refractivity contribution < 1.29 is 9.90 Å². The highest BCUT2D eigenvalue weighted by Crippen LogP contribution is 2.19. The zero-order valence-electron chi connectivity index (χ0n) is 9.43. The third-order valence-corrected chi connectivity index (χ3v) is 2.46. The molecular weight excluding hydrogens is 206 g/mol. The minimum absolute atomic E-state index is 0.0726. The Bertz CT molecular complexity index is 558. The van der Waals surface area contributed by atoms with Gasteiger partial charge in [0.15, 0.2) is 0 Å². The van der Waals surface area contributed by atoms with Crippen LogP contribution in [0.5, 0.6) is 0 Å². The van der Waals surface area contributed by atoms with Gasteiger partial charge in [-0.3, -0.25) is 4.68 Å². The normalized spacial score (nSPS) is 10.7. The van der Waals surface area contributed by atoms with Crippen molar-refractivity contribution in [2.24, 2.45) is 0 Å². The van der Waals surface area contributed by atoms with Gasteiger partial charge in [-0.05, 0) is 19.1 Å². The van der Waals surface area contributed by atoms with Gasteiger partial charge >= 0.3 is 5.97 Å². The Morgan fingerprint density at radius 3 is 2.69 bits per heavy atom. The van der Waals surface area contributed by atoms with Crippen molar-refractivity contribution in [1.29, 1.82) is 0 Å². The summed E-state index contributed by atoms with van der Waals surface area (Å²) in [6.07, 6.45) is 1.59. The van der Waals surface area contributed by atoms with Gasteiger partial charge in [0.1, 0.15) is 5.69 Å². The molecule has 0 saturated carbocycles. The molecule has 5 heteroatoms. The number of nitrogens with zero attached hydrogens (tertiary/aromatic N) is 3. The van der Waals surface area contributed by atoms with Crippen molar-refractivity contribution in [2.45, 2.75) is 6.92 Å². The zero-order chi connectivity index (χ0) is 11.9. The van der Waals surface area contributed by atoms with Crippen LogP contribution >= 0.6 is 0 Å². The topological polar surface area (TPSA) is 58.4 Å². The highest BCUT2D eigenvalue weighted by atomic mass is 16.4. The predicted molar refractivity (Wildman–Crippen MR) is 61.5 cm³/mol. The molecule has 0 aliphatic heterocycles. The van der Waals surface area contributed by atoms with E-state index in [0.29, 0.717) is 0 Å². The van der Waals surface area contributed by atoms with E-state index in [4.69, 9.17) is 5.11 Å². The number of fused-ring (bicyclic) bond motifs is 1. The summed E-state index contributed by atoms with van der Waals surface area (Å²) in [6.45, 7) is 1.97. The lowest BCUT2D eigenvalue weighted by atomic mass is 10.2. The van der Waals surface area contributed by atoms with Crippen LogP contribution in [0.2, 0.25) is 0 Å². The van der Waals surface area contributed by atoms with Crippen molar-refractivity contribution in [1.82, 2.24) is 9.66 Å². The molecule has 2 aromatic rings. The maximum atomic E-state index is 10.8. The molecule has 2 rings (SSSR count). The monoisotopic (exact) mass is 219 g/mol. The number of hydrogen-bond donors (Lipinski definition) is 1. The molecule has 0 radical (unpaired) electrons. The average Bonchev–Trinajstić information content (AvgIpc) is 2.51. The number of carboxylic acid groups (broad SMARTS) is 1. The van der Waals surface area contributed by atoms with Gasteiger partial charge in [0.05, 0.1) is 11.7 Å². The van der Waals surface area contributed by atoms with Crippen LogP contribution in [0.15, 0.2) is 18.3 Å².